The van der Waals surface area contributed by atoms with Crippen molar-refractivity contribution in [3.8, 4) is 5.75 Å². The number of ether oxygens (including phenoxy) is 2. The van der Waals surface area contributed by atoms with Gasteiger partial charge in [0.25, 0.3) is 0 Å². The van der Waals surface area contributed by atoms with Crippen LogP contribution in [0.5, 0.6) is 5.75 Å². The SMILES string of the molecule is CN=C(NCC(=O)N1CCc2sccc2C1)Nc1cccc(OCCCOC)c1.I. The lowest BCUT2D eigenvalue weighted by molar-refractivity contribution is -0.130. The van der Waals surface area contributed by atoms with E-state index in [0.717, 1.165) is 30.8 Å². The molecule has 0 unspecified atom stereocenters. The zero-order valence-corrected chi connectivity index (χ0v) is 20.5. The van der Waals surface area contributed by atoms with Crippen molar-refractivity contribution in [1.29, 1.82) is 0 Å². The molecule has 0 spiro atoms. The molecule has 2 heterocycles. The number of amides is 1. The van der Waals surface area contributed by atoms with Gasteiger partial charge in [-0.15, -0.1) is 35.3 Å². The summed E-state index contributed by atoms with van der Waals surface area (Å²) in [4.78, 5) is 20.1. The van der Waals surface area contributed by atoms with Crippen LogP contribution in [0.4, 0.5) is 5.69 Å². The molecule has 1 aromatic heterocycles. The fourth-order valence-corrected chi connectivity index (χ4v) is 3.99. The molecule has 2 N–H and O–H groups in total. The van der Waals surface area contributed by atoms with Gasteiger partial charge >= 0.3 is 0 Å². The summed E-state index contributed by atoms with van der Waals surface area (Å²) in [5, 5.41) is 8.41. The molecular weight excluding hydrogens is 515 g/mol. The third kappa shape index (κ3) is 7.13. The molecule has 164 valence electrons. The average molecular weight is 544 g/mol. The first kappa shape index (κ1) is 24.4. The van der Waals surface area contributed by atoms with Gasteiger partial charge in [0.2, 0.25) is 5.91 Å². The van der Waals surface area contributed by atoms with Crippen molar-refractivity contribution in [2.24, 2.45) is 4.99 Å². The third-order valence-corrected chi connectivity index (χ3v) is 5.67. The van der Waals surface area contributed by atoms with E-state index in [9.17, 15) is 4.79 Å². The number of nitrogens with zero attached hydrogens (tertiary/aromatic N) is 2. The second-order valence-corrected chi connectivity index (χ2v) is 7.71. The molecule has 1 aliphatic rings. The topological polar surface area (TPSA) is 75.2 Å². The molecule has 9 heteroatoms. The molecule has 1 aromatic carbocycles. The number of rotatable bonds is 8. The number of carbonyl (C=O) groups is 1. The molecule has 0 saturated heterocycles. The number of anilines is 1. The quantitative estimate of drug-likeness (QED) is 0.231. The van der Waals surface area contributed by atoms with E-state index in [4.69, 9.17) is 9.47 Å². The number of nitrogens with one attached hydrogen (secondary N) is 2. The number of methoxy groups -OCH3 is 1. The van der Waals surface area contributed by atoms with Gasteiger partial charge in [0.05, 0.1) is 13.2 Å². The van der Waals surface area contributed by atoms with E-state index in [1.54, 1.807) is 25.5 Å². The highest BCUT2D eigenvalue weighted by molar-refractivity contribution is 14.0. The van der Waals surface area contributed by atoms with Gasteiger partial charge in [0.1, 0.15) is 5.75 Å². The van der Waals surface area contributed by atoms with E-state index in [-0.39, 0.29) is 36.4 Å². The molecule has 0 aliphatic carbocycles. The number of guanidine groups is 1. The van der Waals surface area contributed by atoms with Crippen molar-refractivity contribution in [2.45, 2.75) is 19.4 Å². The second kappa shape index (κ2) is 12.8. The number of carbonyl (C=O) groups excluding carboxylic acids is 1. The van der Waals surface area contributed by atoms with E-state index in [0.29, 0.717) is 25.7 Å². The standard InChI is InChI=1S/C21H28N4O3S.HI/c1-22-21(24-17-5-3-6-18(13-17)28-11-4-10-27-2)23-14-20(26)25-9-7-19-16(15-25)8-12-29-19;/h3,5-6,8,12-13H,4,7,9-11,14-15H2,1-2H3,(H2,22,23,24);1H. The number of hydrogen-bond acceptors (Lipinski definition) is 5. The number of aliphatic imine (C=N–C) groups is 1. The Bertz CT molecular complexity index is 843. The summed E-state index contributed by atoms with van der Waals surface area (Å²) in [6.45, 7) is 2.93. The van der Waals surface area contributed by atoms with E-state index in [2.05, 4.69) is 27.1 Å². The molecule has 0 bridgehead atoms. The van der Waals surface area contributed by atoms with Gasteiger partial charge in [-0.25, -0.2) is 0 Å². The van der Waals surface area contributed by atoms with Gasteiger partial charge in [-0.05, 0) is 35.6 Å². The van der Waals surface area contributed by atoms with Crippen molar-refractivity contribution in [3.63, 3.8) is 0 Å². The van der Waals surface area contributed by atoms with E-state index in [1.165, 1.54) is 10.4 Å². The van der Waals surface area contributed by atoms with Crippen LogP contribution in [0.1, 0.15) is 16.9 Å². The fourth-order valence-electron chi connectivity index (χ4n) is 3.11. The van der Waals surface area contributed by atoms with Gasteiger partial charge in [0, 0.05) is 56.9 Å². The predicted octanol–water partition coefficient (Wildman–Crippen LogP) is 3.35. The Kier molecular flexibility index (Phi) is 10.4. The predicted molar refractivity (Wildman–Crippen MR) is 132 cm³/mol. The Morgan fingerprint density at radius 3 is 2.97 bits per heavy atom. The first-order chi connectivity index (χ1) is 14.2. The van der Waals surface area contributed by atoms with E-state index >= 15 is 0 Å². The Balaban J connectivity index is 0.00000320. The highest BCUT2D eigenvalue weighted by Gasteiger charge is 2.21. The van der Waals surface area contributed by atoms with Crippen LogP contribution in [-0.2, 0) is 22.5 Å². The van der Waals surface area contributed by atoms with E-state index < -0.39 is 0 Å². The van der Waals surface area contributed by atoms with Crippen molar-refractivity contribution in [1.82, 2.24) is 10.2 Å². The zero-order chi connectivity index (χ0) is 20.5. The highest BCUT2D eigenvalue weighted by atomic mass is 127. The van der Waals surface area contributed by atoms with Crippen LogP contribution in [0.3, 0.4) is 0 Å². The Labute approximate surface area is 198 Å². The minimum absolute atomic E-state index is 0. The third-order valence-electron chi connectivity index (χ3n) is 4.65. The van der Waals surface area contributed by atoms with Gasteiger partial charge in [-0.1, -0.05) is 6.07 Å². The monoisotopic (exact) mass is 544 g/mol. The van der Waals surface area contributed by atoms with Crippen LogP contribution in [0.25, 0.3) is 0 Å². The van der Waals surface area contributed by atoms with Gasteiger partial charge in [0.15, 0.2) is 5.96 Å². The number of hydrogen-bond donors (Lipinski definition) is 2. The molecule has 2 aromatic rings. The fraction of sp³-hybridized carbons (Fsp3) is 0.429. The maximum Gasteiger partial charge on any atom is 0.242 e. The van der Waals surface area contributed by atoms with Gasteiger partial charge < -0.3 is 25.0 Å². The van der Waals surface area contributed by atoms with Crippen molar-refractivity contribution in [2.75, 3.05) is 45.8 Å². The van der Waals surface area contributed by atoms with Crippen LogP contribution in [0.15, 0.2) is 40.7 Å². The Morgan fingerprint density at radius 2 is 2.17 bits per heavy atom. The lowest BCUT2D eigenvalue weighted by Crippen LogP contribution is -2.43. The Hall–Kier alpha value is -1.85. The molecule has 3 rings (SSSR count). The van der Waals surface area contributed by atoms with Crippen molar-refractivity contribution in [3.05, 3.63) is 46.2 Å². The largest absolute Gasteiger partial charge is 0.493 e. The molecule has 0 fully saturated rings. The van der Waals surface area contributed by atoms with Crippen molar-refractivity contribution >= 4 is 52.9 Å². The number of halogens is 1. The summed E-state index contributed by atoms with van der Waals surface area (Å²) in [6, 6.07) is 9.77. The first-order valence-electron chi connectivity index (χ1n) is 9.72. The minimum atomic E-state index is 0. The van der Waals surface area contributed by atoms with Crippen LogP contribution >= 0.6 is 35.3 Å². The zero-order valence-electron chi connectivity index (χ0n) is 17.3. The highest BCUT2D eigenvalue weighted by Crippen LogP contribution is 2.23. The molecular formula is C21H29IN4O3S. The average Bonchev–Trinajstić information content (AvgIpc) is 3.22. The molecule has 1 amide bonds. The smallest absolute Gasteiger partial charge is 0.242 e. The summed E-state index contributed by atoms with van der Waals surface area (Å²) in [5.74, 6) is 1.39. The maximum atomic E-state index is 12.6. The van der Waals surface area contributed by atoms with Crippen LogP contribution in [0.2, 0.25) is 0 Å². The maximum absolute atomic E-state index is 12.6. The lowest BCUT2D eigenvalue weighted by Gasteiger charge is -2.27. The molecule has 0 atom stereocenters. The van der Waals surface area contributed by atoms with Gasteiger partial charge in [-0.3, -0.25) is 9.79 Å². The molecule has 30 heavy (non-hydrogen) atoms. The van der Waals surface area contributed by atoms with Crippen LogP contribution < -0.4 is 15.4 Å². The van der Waals surface area contributed by atoms with Crippen LogP contribution in [-0.4, -0.2) is 57.2 Å². The Morgan fingerprint density at radius 1 is 1.30 bits per heavy atom. The summed E-state index contributed by atoms with van der Waals surface area (Å²) in [5.41, 5.74) is 2.11. The van der Waals surface area contributed by atoms with Crippen LogP contribution in [0, 0.1) is 0 Å². The summed E-state index contributed by atoms with van der Waals surface area (Å²) >= 11 is 1.77. The first-order valence-corrected chi connectivity index (χ1v) is 10.6. The molecule has 7 nitrogen and oxygen atoms in total. The number of fused-ring (bicyclic) bond motifs is 1. The number of thiophene rings is 1. The second-order valence-electron chi connectivity index (χ2n) is 6.71. The summed E-state index contributed by atoms with van der Waals surface area (Å²) < 4.78 is 10.8. The molecule has 0 saturated carbocycles. The lowest BCUT2D eigenvalue weighted by atomic mass is 10.1. The molecule has 0 radical (unpaired) electrons. The minimum Gasteiger partial charge on any atom is -0.493 e. The normalized spacial score (nSPS) is 13.3. The van der Waals surface area contributed by atoms with E-state index in [1.807, 2.05) is 29.2 Å². The summed E-state index contributed by atoms with van der Waals surface area (Å²) in [7, 11) is 3.36. The molecule has 1 aliphatic heterocycles. The summed E-state index contributed by atoms with van der Waals surface area (Å²) in [6.07, 6.45) is 1.77. The van der Waals surface area contributed by atoms with Gasteiger partial charge in [-0.2, -0.15) is 0 Å². The van der Waals surface area contributed by atoms with Crippen molar-refractivity contribution < 1.29 is 14.3 Å². The number of benzene rings is 1.